The van der Waals surface area contributed by atoms with Crippen molar-refractivity contribution in [1.29, 1.82) is 0 Å². The molecule has 1 heterocycles. The van der Waals surface area contributed by atoms with Gasteiger partial charge in [0.05, 0.1) is 0 Å². The number of nitrogens with zero attached hydrogens (tertiary/aromatic N) is 1. The average molecular weight is 250 g/mol. The van der Waals surface area contributed by atoms with E-state index >= 15 is 0 Å². The van der Waals surface area contributed by atoms with Gasteiger partial charge in [0.2, 0.25) is 0 Å². The van der Waals surface area contributed by atoms with Gasteiger partial charge in [-0.15, -0.1) is 0 Å². The first-order valence-electron chi connectivity index (χ1n) is 8.18. The number of nitrogens with one attached hydrogen (secondary N) is 1. The molecule has 2 bridgehead atoms. The average Bonchev–Trinajstić information content (AvgIpc) is 2.86. The van der Waals surface area contributed by atoms with Crippen LogP contribution in [0.25, 0.3) is 0 Å². The highest BCUT2D eigenvalue weighted by atomic mass is 15.2. The van der Waals surface area contributed by atoms with E-state index in [2.05, 4.69) is 24.1 Å². The lowest BCUT2D eigenvalue weighted by Crippen LogP contribution is -2.43. The summed E-state index contributed by atoms with van der Waals surface area (Å²) in [6.07, 6.45) is 7.52. The lowest BCUT2D eigenvalue weighted by molar-refractivity contribution is 0.178. The van der Waals surface area contributed by atoms with Crippen LogP contribution in [0.5, 0.6) is 0 Å². The quantitative estimate of drug-likeness (QED) is 0.828. The van der Waals surface area contributed by atoms with Crippen molar-refractivity contribution in [3.05, 3.63) is 0 Å². The highest BCUT2D eigenvalue weighted by molar-refractivity contribution is 4.92. The van der Waals surface area contributed by atoms with Gasteiger partial charge in [-0.3, -0.25) is 0 Å². The van der Waals surface area contributed by atoms with Crippen molar-refractivity contribution in [2.45, 2.75) is 52.0 Å². The van der Waals surface area contributed by atoms with Gasteiger partial charge in [0.25, 0.3) is 0 Å². The summed E-state index contributed by atoms with van der Waals surface area (Å²) in [4.78, 5) is 2.77. The van der Waals surface area contributed by atoms with Gasteiger partial charge in [0.15, 0.2) is 0 Å². The molecule has 0 radical (unpaired) electrons. The summed E-state index contributed by atoms with van der Waals surface area (Å²) in [6, 6.07) is 0.714. The zero-order valence-corrected chi connectivity index (χ0v) is 12.2. The maximum absolute atomic E-state index is 3.73. The maximum Gasteiger partial charge on any atom is 0.0217 e. The highest BCUT2D eigenvalue weighted by Gasteiger charge is 2.40. The zero-order chi connectivity index (χ0) is 12.5. The van der Waals surface area contributed by atoms with Crippen molar-refractivity contribution in [2.75, 3.05) is 26.2 Å². The first-order chi connectivity index (χ1) is 8.72. The van der Waals surface area contributed by atoms with E-state index in [4.69, 9.17) is 0 Å². The normalized spacial score (nSPS) is 41.5. The van der Waals surface area contributed by atoms with Gasteiger partial charge in [-0.25, -0.2) is 0 Å². The Morgan fingerprint density at radius 2 is 2.11 bits per heavy atom. The van der Waals surface area contributed by atoms with Crippen molar-refractivity contribution in [3.8, 4) is 0 Å². The molecular weight excluding hydrogens is 220 g/mol. The number of hydrogen-bond acceptors (Lipinski definition) is 2. The Hall–Kier alpha value is -0.0800. The van der Waals surface area contributed by atoms with Crippen molar-refractivity contribution in [2.24, 2.45) is 23.7 Å². The summed E-state index contributed by atoms with van der Waals surface area (Å²) in [5, 5.41) is 3.73. The van der Waals surface area contributed by atoms with Crippen LogP contribution in [-0.4, -0.2) is 37.1 Å². The van der Waals surface area contributed by atoms with E-state index in [1.807, 2.05) is 0 Å². The highest BCUT2D eigenvalue weighted by Crippen LogP contribution is 2.48. The molecule has 3 aliphatic rings. The molecule has 2 aliphatic carbocycles. The summed E-state index contributed by atoms with van der Waals surface area (Å²) >= 11 is 0. The molecule has 104 valence electrons. The van der Waals surface area contributed by atoms with Crippen molar-refractivity contribution in [1.82, 2.24) is 10.2 Å². The lowest BCUT2D eigenvalue weighted by Gasteiger charge is -2.31. The second-order valence-electron chi connectivity index (χ2n) is 7.35. The molecule has 0 aromatic rings. The van der Waals surface area contributed by atoms with Gasteiger partial charge in [-0.05, 0) is 62.4 Å². The Bertz CT molecular complexity index is 276. The molecule has 1 saturated heterocycles. The van der Waals surface area contributed by atoms with Crippen molar-refractivity contribution >= 4 is 0 Å². The minimum absolute atomic E-state index is 0.714. The zero-order valence-electron chi connectivity index (χ0n) is 12.2. The van der Waals surface area contributed by atoms with E-state index in [-0.39, 0.29) is 0 Å². The first kappa shape index (κ1) is 12.9. The molecule has 0 spiro atoms. The molecule has 2 heteroatoms. The lowest BCUT2D eigenvalue weighted by atomic mass is 9.88. The Morgan fingerprint density at radius 1 is 1.22 bits per heavy atom. The van der Waals surface area contributed by atoms with Crippen LogP contribution in [-0.2, 0) is 0 Å². The molecule has 1 N–H and O–H groups in total. The molecular formula is C16H30N2. The monoisotopic (exact) mass is 250 g/mol. The van der Waals surface area contributed by atoms with Gasteiger partial charge in [0.1, 0.15) is 0 Å². The van der Waals surface area contributed by atoms with Crippen molar-refractivity contribution in [3.63, 3.8) is 0 Å². The predicted molar refractivity (Wildman–Crippen MR) is 76.6 cm³/mol. The van der Waals surface area contributed by atoms with Gasteiger partial charge in [-0.2, -0.15) is 0 Å². The van der Waals surface area contributed by atoms with Gasteiger partial charge in [-0.1, -0.05) is 20.3 Å². The molecule has 2 nitrogen and oxygen atoms in total. The van der Waals surface area contributed by atoms with E-state index in [0.29, 0.717) is 6.04 Å². The topological polar surface area (TPSA) is 15.3 Å². The third-order valence-electron chi connectivity index (χ3n) is 5.69. The minimum atomic E-state index is 0.714. The fourth-order valence-electron chi connectivity index (χ4n) is 4.57. The Morgan fingerprint density at radius 3 is 2.78 bits per heavy atom. The molecule has 0 amide bonds. The fourth-order valence-corrected chi connectivity index (χ4v) is 4.57. The van der Waals surface area contributed by atoms with Gasteiger partial charge >= 0.3 is 0 Å². The fraction of sp³-hybridized carbons (Fsp3) is 1.00. The van der Waals surface area contributed by atoms with Crippen LogP contribution in [0.1, 0.15) is 46.0 Å². The van der Waals surface area contributed by atoms with Crippen LogP contribution in [0.2, 0.25) is 0 Å². The molecule has 2 saturated carbocycles. The number of rotatable bonds is 3. The van der Waals surface area contributed by atoms with E-state index in [1.54, 1.807) is 12.8 Å². The van der Waals surface area contributed by atoms with Gasteiger partial charge in [0, 0.05) is 19.1 Å². The van der Waals surface area contributed by atoms with Crippen LogP contribution >= 0.6 is 0 Å². The maximum atomic E-state index is 3.73. The third-order valence-corrected chi connectivity index (χ3v) is 5.69. The second-order valence-corrected chi connectivity index (χ2v) is 7.35. The van der Waals surface area contributed by atoms with Gasteiger partial charge < -0.3 is 10.2 Å². The Balaban J connectivity index is 1.54. The van der Waals surface area contributed by atoms with Crippen molar-refractivity contribution < 1.29 is 0 Å². The van der Waals surface area contributed by atoms with E-state index in [9.17, 15) is 0 Å². The molecule has 18 heavy (non-hydrogen) atoms. The molecule has 1 aliphatic heterocycles. The molecule has 0 aromatic heterocycles. The van der Waals surface area contributed by atoms with E-state index in [0.717, 1.165) is 23.7 Å². The summed E-state index contributed by atoms with van der Waals surface area (Å²) in [6.45, 7) is 9.94. The first-order valence-corrected chi connectivity index (χ1v) is 8.18. The Labute approximate surface area is 113 Å². The summed E-state index contributed by atoms with van der Waals surface area (Å²) in [5.74, 6) is 4.00. The number of fused-ring (bicyclic) bond motifs is 2. The van der Waals surface area contributed by atoms with Crippen LogP contribution in [0, 0.1) is 23.7 Å². The molecule has 4 atom stereocenters. The molecule has 0 aromatic carbocycles. The summed E-state index contributed by atoms with van der Waals surface area (Å²) < 4.78 is 0. The van der Waals surface area contributed by atoms with Crippen LogP contribution in [0.3, 0.4) is 0 Å². The van der Waals surface area contributed by atoms with E-state index < -0.39 is 0 Å². The summed E-state index contributed by atoms with van der Waals surface area (Å²) in [7, 11) is 0. The standard InChI is InChI=1S/C16H30N2/c1-12(2)16-11-18(7-3-6-17-16)10-15-9-13-4-5-14(15)8-13/h12-17H,3-11H2,1-2H3. The SMILES string of the molecule is CC(C)C1CN(CC2CC3CCC2C3)CCCN1. The van der Waals surface area contributed by atoms with Crippen LogP contribution < -0.4 is 5.32 Å². The third kappa shape index (κ3) is 2.75. The second kappa shape index (κ2) is 5.50. The molecule has 4 unspecified atom stereocenters. The largest absolute Gasteiger partial charge is 0.312 e. The summed E-state index contributed by atoms with van der Waals surface area (Å²) in [5.41, 5.74) is 0. The molecule has 3 fully saturated rings. The number of hydrogen-bond donors (Lipinski definition) is 1. The Kier molecular flexibility index (Phi) is 3.95. The molecule has 3 rings (SSSR count). The van der Waals surface area contributed by atoms with Crippen LogP contribution in [0.15, 0.2) is 0 Å². The minimum Gasteiger partial charge on any atom is -0.312 e. The van der Waals surface area contributed by atoms with E-state index in [1.165, 1.54) is 45.4 Å². The van der Waals surface area contributed by atoms with Crippen LogP contribution in [0.4, 0.5) is 0 Å². The predicted octanol–water partition coefficient (Wildman–Crippen LogP) is 2.74. The smallest absolute Gasteiger partial charge is 0.0217 e.